The molecule has 3 rings (SSSR count). The highest BCUT2D eigenvalue weighted by atomic mass is 16.2. The van der Waals surface area contributed by atoms with E-state index in [1.54, 1.807) is 18.8 Å². The fourth-order valence-corrected chi connectivity index (χ4v) is 4.15. The summed E-state index contributed by atoms with van der Waals surface area (Å²) in [4.78, 5) is 38.8. The number of nitrogens with one attached hydrogen (secondary N) is 2. The molecule has 2 unspecified atom stereocenters. The second kappa shape index (κ2) is 11.2. The number of imide groups is 1. The van der Waals surface area contributed by atoms with E-state index in [0.29, 0.717) is 25.1 Å². The number of nitrogens with zero attached hydrogens (tertiary/aromatic N) is 1. The van der Waals surface area contributed by atoms with Crippen LogP contribution in [0.3, 0.4) is 0 Å². The SMILES string of the molecule is BC1(N2Cc3cc(NCC(/C=C\C(C)C=C)=C/C(=C)/C=C\CC)ccc3C2=O)CCC(=O)NC1=O. The third-order valence-corrected chi connectivity index (χ3v) is 6.51. The highest BCUT2D eigenvalue weighted by Gasteiger charge is 2.48. The minimum absolute atomic E-state index is 0.181. The molecular formula is C28H34BN3O3. The van der Waals surface area contributed by atoms with Crippen molar-refractivity contribution in [1.29, 1.82) is 0 Å². The van der Waals surface area contributed by atoms with E-state index in [2.05, 4.69) is 55.9 Å². The summed E-state index contributed by atoms with van der Waals surface area (Å²) in [7, 11) is 1.73. The average molecular weight is 471 g/mol. The Balaban J connectivity index is 1.75. The molecule has 2 aliphatic rings. The van der Waals surface area contributed by atoms with Crippen molar-refractivity contribution < 1.29 is 14.4 Å². The minimum Gasteiger partial charge on any atom is -0.381 e. The number of carbonyl (C=O) groups is 3. The van der Waals surface area contributed by atoms with Crippen molar-refractivity contribution in [3.8, 4) is 0 Å². The molecule has 1 saturated heterocycles. The van der Waals surface area contributed by atoms with E-state index in [4.69, 9.17) is 0 Å². The number of fused-ring (bicyclic) bond motifs is 1. The Morgan fingerprint density at radius 2 is 2.09 bits per heavy atom. The van der Waals surface area contributed by atoms with Crippen LogP contribution in [0.25, 0.3) is 0 Å². The first-order valence-electron chi connectivity index (χ1n) is 12.1. The summed E-state index contributed by atoms with van der Waals surface area (Å²) >= 11 is 0. The van der Waals surface area contributed by atoms with Crippen molar-refractivity contribution in [2.45, 2.75) is 45.1 Å². The van der Waals surface area contributed by atoms with E-state index in [1.807, 2.05) is 30.4 Å². The molecule has 35 heavy (non-hydrogen) atoms. The topological polar surface area (TPSA) is 78.5 Å². The molecule has 0 aliphatic carbocycles. The van der Waals surface area contributed by atoms with Crippen molar-refractivity contribution in [3.05, 3.63) is 90.1 Å². The second-order valence-corrected chi connectivity index (χ2v) is 9.33. The van der Waals surface area contributed by atoms with Gasteiger partial charge >= 0.3 is 0 Å². The number of piperidine rings is 1. The van der Waals surface area contributed by atoms with E-state index < -0.39 is 11.3 Å². The molecule has 182 valence electrons. The van der Waals surface area contributed by atoms with Crippen LogP contribution in [0.15, 0.2) is 79.0 Å². The molecule has 1 aromatic rings. The Morgan fingerprint density at radius 3 is 2.77 bits per heavy atom. The number of amides is 3. The van der Waals surface area contributed by atoms with Crippen molar-refractivity contribution in [3.63, 3.8) is 0 Å². The van der Waals surface area contributed by atoms with Crippen molar-refractivity contribution >= 4 is 31.3 Å². The second-order valence-electron chi connectivity index (χ2n) is 9.33. The van der Waals surface area contributed by atoms with E-state index >= 15 is 0 Å². The van der Waals surface area contributed by atoms with Crippen LogP contribution in [0.1, 0.15) is 49.0 Å². The van der Waals surface area contributed by atoms with Gasteiger partial charge in [-0.3, -0.25) is 19.7 Å². The van der Waals surface area contributed by atoms with Gasteiger partial charge in [-0.25, -0.2) is 0 Å². The minimum atomic E-state index is -1.04. The molecule has 3 amide bonds. The van der Waals surface area contributed by atoms with E-state index in [-0.39, 0.29) is 24.2 Å². The van der Waals surface area contributed by atoms with Crippen LogP contribution in [0.2, 0.25) is 0 Å². The third-order valence-electron chi connectivity index (χ3n) is 6.51. The predicted octanol–water partition coefficient (Wildman–Crippen LogP) is 3.65. The van der Waals surface area contributed by atoms with Gasteiger partial charge in [0.2, 0.25) is 11.8 Å². The molecule has 1 aromatic carbocycles. The molecule has 0 spiro atoms. The van der Waals surface area contributed by atoms with Crippen LogP contribution in [-0.4, -0.2) is 42.5 Å². The van der Waals surface area contributed by atoms with Crippen molar-refractivity contribution in [2.75, 3.05) is 11.9 Å². The number of hydrogen-bond donors (Lipinski definition) is 2. The highest BCUT2D eigenvalue weighted by Crippen LogP contribution is 2.33. The summed E-state index contributed by atoms with van der Waals surface area (Å²) < 4.78 is 0. The summed E-state index contributed by atoms with van der Waals surface area (Å²) in [6, 6.07) is 5.64. The zero-order valence-electron chi connectivity index (χ0n) is 20.9. The van der Waals surface area contributed by atoms with E-state index in [9.17, 15) is 14.4 Å². The highest BCUT2D eigenvalue weighted by molar-refractivity contribution is 6.32. The van der Waals surface area contributed by atoms with Gasteiger partial charge in [0.05, 0.1) is 5.44 Å². The van der Waals surface area contributed by atoms with Crippen molar-refractivity contribution in [1.82, 2.24) is 10.2 Å². The molecule has 2 aliphatic heterocycles. The number of rotatable bonds is 10. The molecule has 0 aromatic heterocycles. The Kier molecular flexibility index (Phi) is 8.33. The van der Waals surface area contributed by atoms with Gasteiger partial charge in [-0.15, -0.1) is 6.58 Å². The zero-order chi connectivity index (χ0) is 25.6. The van der Waals surface area contributed by atoms with Crippen molar-refractivity contribution in [2.24, 2.45) is 5.92 Å². The lowest BCUT2D eigenvalue weighted by Crippen LogP contribution is -2.63. The lowest BCUT2D eigenvalue weighted by atomic mass is 9.70. The molecule has 2 atom stereocenters. The first-order valence-corrected chi connectivity index (χ1v) is 12.1. The van der Waals surface area contributed by atoms with Gasteiger partial charge in [0.15, 0.2) is 0 Å². The quantitative estimate of drug-likeness (QED) is 0.236. The molecule has 0 radical (unpaired) electrons. The fraction of sp³-hybridized carbons (Fsp3) is 0.321. The maximum absolute atomic E-state index is 13.1. The smallest absolute Gasteiger partial charge is 0.254 e. The van der Waals surface area contributed by atoms with Crippen LogP contribution in [0.4, 0.5) is 5.69 Å². The number of allylic oxidation sites excluding steroid dienone is 6. The van der Waals surface area contributed by atoms with Gasteiger partial charge in [0.25, 0.3) is 5.91 Å². The maximum Gasteiger partial charge on any atom is 0.254 e. The van der Waals surface area contributed by atoms with Crippen LogP contribution in [-0.2, 0) is 16.1 Å². The molecule has 7 heteroatoms. The van der Waals surface area contributed by atoms with Crippen LogP contribution in [0, 0.1) is 5.92 Å². The lowest BCUT2D eigenvalue weighted by molar-refractivity contribution is -0.138. The summed E-state index contributed by atoms with van der Waals surface area (Å²) in [6.07, 6.45) is 13.7. The molecule has 1 fully saturated rings. The summed E-state index contributed by atoms with van der Waals surface area (Å²) in [6.45, 7) is 13.0. The van der Waals surface area contributed by atoms with Gasteiger partial charge in [-0.2, -0.15) is 0 Å². The Labute approximate surface area is 208 Å². The number of hydrogen-bond acceptors (Lipinski definition) is 4. The van der Waals surface area contributed by atoms with Crippen LogP contribution < -0.4 is 10.6 Å². The van der Waals surface area contributed by atoms with E-state index in [0.717, 1.165) is 28.8 Å². The zero-order valence-corrected chi connectivity index (χ0v) is 20.9. The molecule has 6 nitrogen and oxygen atoms in total. The first kappa shape index (κ1) is 26.0. The Bertz CT molecular complexity index is 1130. The first-order chi connectivity index (χ1) is 16.7. The van der Waals surface area contributed by atoms with Crippen LogP contribution >= 0.6 is 0 Å². The van der Waals surface area contributed by atoms with Gasteiger partial charge in [-0.1, -0.05) is 56.9 Å². The lowest BCUT2D eigenvalue weighted by Gasteiger charge is -2.39. The normalized spacial score (nSPS) is 21.4. The summed E-state index contributed by atoms with van der Waals surface area (Å²) in [5.74, 6) is -0.639. The molecule has 0 saturated carbocycles. The van der Waals surface area contributed by atoms with Gasteiger partial charge in [0, 0.05) is 30.8 Å². The predicted molar refractivity (Wildman–Crippen MR) is 144 cm³/mol. The van der Waals surface area contributed by atoms with Gasteiger partial charge in [0.1, 0.15) is 7.85 Å². The molecule has 2 heterocycles. The van der Waals surface area contributed by atoms with Gasteiger partial charge in [-0.05, 0) is 53.7 Å². The monoisotopic (exact) mass is 471 g/mol. The van der Waals surface area contributed by atoms with E-state index in [1.165, 1.54) is 0 Å². The third kappa shape index (κ3) is 6.10. The Morgan fingerprint density at radius 1 is 1.31 bits per heavy atom. The molecular weight excluding hydrogens is 437 g/mol. The fourth-order valence-electron chi connectivity index (χ4n) is 4.15. The molecule has 0 bridgehead atoms. The largest absolute Gasteiger partial charge is 0.381 e. The van der Waals surface area contributed by atoms with Crippen LogP contribution in [0.5, 0.6) is 0 Å². The number of anilines is 1. The Hall–Kier alpha value is -3.61. The number of carbonyl (C=O) groups excluding carboxylic acids is 3. The molecule has 2 N–H and O–H groups in total. The van der Waals surface area contributed by atoms with Gasteiger partial charge < -0.3 is 10.2 Å². The maximum atomic E-state index is 13.1. The average Bonchev–Trinajstić information content (AvgIpc) is 3.18. The number of benzene rings is 1. The summed E-state index contributed by atoms with van der Waals surface area (Å²) in [5.41, 5.74) is 3.30. The summed E-state index contributed by atoms with van der Waals surface area (Å²) in [5, 5.41) is 5.82. The standard InChI is InChI=1S/C28H34BN3O3/c1-5-7-8-20(4)15-21(10-9-19(3)6-2)17-30-23-11-12-24-22(16-23)18-32(26(24)34)28(29)14-13-25(33)31-27(28)35/h6-12,15-16,19,30H,2,4-5,13-14,17-18,29H2,1,3H3,(H,31,33,35)/b8-7-,10-9-,21-15+.